The minimum atomic E-state index is 0.544. The van der Waals surface area contributed by atoms with Gasteiger partial charge in [0.05, 0.1) is 6.54 Å². The van der Waals surface area contributed by atoms with Gasteiger partial charge in [0, 0.05) is 10.6 Å². The molecule has 0 saturated carbocycles. The Kier molecular flexibility index (Phi) is 3.51. The summed E-state index contributed by atoms with van der Waals surface area (Å²) in [6.07, 6.45) is 0. The van der Waals surface area contributed by atoms with Crippen LogP contribution in [0.15, 0.2) is 28.7 Å². The molecule has 2 aromatic heterocycles. The molecule has 3 rings (SSSR count). The summed E-state index contributed by atoms with van der Waals surface area (Å²) in [6, 6.07) is 7.46. The first-order chi connectivity index (χ1) is 10.0. The van der Waals surface area contributed by atoms with Crippen molar-refractivity contribution in [3.8, 4) is 11.5 Å². The Labute approximate surface area is 127 Å². The molecule has 0 N–H and O–H groups in total. The van der Waals surface area contributed by atoms with Crippen LogP contribution in [-0.2, 0) is 6.54 Å². The fourth-order valence-corrected chi connectivity index (χ4v) is 2.36. The molecule has 108 valence electrons. The van der Waals surface area contributed by atoms with Crippen molar-refractivity contribution in [2.24, 2.45) is 0 Å². The van der Waals surface area contributed by atoms with Crippen LogP contribution < -0.4 is 0 Å². The minimum Gasteiger partial charge on any atom is -0.441 e. The molecular weight excluding hydrogens is 288 g/mol. The summed E-state index contributed by atoms with van der Waals surface area (Å²) in [7, 11) is 0. The van der Waals surface area contributed by atoms with Crippen molar-refractivity contribution in [3.63, 3.8) is 0 Å². The molecule has 3 aromatic rings. The normalized spacial score (nSPS) is 11.0. The van der Waals surface area contributed by atoms with E-state index < -0.39 is 0 Å². The van der Waals surface area contributed by atoms with Gasteiger partial charge in [-0.3, -0.25) is 0 Å². The van der Waals surface area contributed by atoms with Gasteiger partial charge in [-0.2, -0.15) is 5.10 Å². The average Bonchev–Trinajstić information content (AvgIpc) is 2.94. The lowest BCUT2D eigenvalue weighted by atomic mass is 10.2. The molecule has 0 aliphatic heterocycles. The quantitative estimate of drug-likeness (QED) is 0.742. The van der Waals surface area contributed by atoms with Crippen LogP contribution in [0.2, 0.25) is 5.02 Å². The van der Waals surface area contributed by atoms with Crippen molar-refractivity contribution in [1.82, 2.24) is 19.7 Å². The Hall–Kier alpha value is -2.14. The number of halogens is 1. The summed E-state index contributed by atoms with van der Waals surface area (Å²) in [5, 5.41) is 5.01. The molecule has 0 aliphatic carbocycles. The fourth-order valence-electron chi connectivity index (χ4n) is 2.17. The molecule has 0 radical (unpaired) electrons. The summed E-state index contributed by atoms with van der Waals surface area (Å²) in [6.45, 7) is 6.24. The Morgan fingerprint density at radius 1 is 1.19 bits per heavy atom. The molecule has 1 aromatic carbocycles. The summed E-state index contributed by atoms with van der Waals surface area (Å²) < 4.78 is 7.56. The molecule has 0 spiro atoms. The minimum absolute atomic E-state index is 0.544. The van der Waals surface area contributed by atoms with E-state index in [1.165, 1.54) is 0 Å². The van der Waals surface area contributed by atoms with E-state index in [4.69, 9.17) is 16.0 Å². The highest BCUT2D eigenvalue weighted by molar-refractivity contribution is 6.30. The van der Waals surface area contributed by atoms with Gasteiger partial charge >= 0.3 is 0 Å². The van der Waals surface area contributed by atoms with Gasteiger partial charge in [0.25, 0.3) is 0 Å². The lowest BCUT2D eigenvalue weighted by molar-refractivity contribution is 0.535. The monoisotopic (exact) mass is 302 g/mol. The number of hydrogen-bond acceptors (Lipinski definition) is 4. The first-order valence-electron chi connectivity index (χ1n) is 6.63. The van der Waals surface area contributed by atoms with E-state index in [1.54, 1.807) is 0 Å². The van der Waals surface area contributed by atoms with Crippen molar-refractivity contribution >= 4 is 11.6 Å². The van der Waals surface area contributed by atoms with Gasteiger partial charge in [-0.25, -0.2) is 14.6 Å². The van der Waals surface area contributed by atoms with E-state index in [-0.39, 0.29) is 0 Å². The van der Waals surface area contributed by atoms with E-state index >= 15 is 0 Å². The Morgan fingerprint density at radius 2 is 2.00 bits per heavy atom. The molecule has 0 unspecified atom stereocenters. The SMILES string of the molecule is Cc1nc(C)n(Cc2nc(-c3cccc(Cl)c3)oc2C)n1. The molecule has 0 atom stereocenters. The molecule has 0 amide bonds. The lowest BCUT2D eigenvalue weighted by Gasteiger charge is -1.99. The molecule has 2 heterocycles. The van der Waals surface area contributed by atoms with Crippen molar-refractivity contribution in [2.75, 3.05) is 0 Å². The highest BCUT2D eigenvalue weighted by Gasteiger charge is 2.14. The number of oxazole rings is 1. The first kappa shape index (κ1) is 13.8. The van der Waals surface area contributed by atoms with Crippen molar-refractivity contribution in [2.45, 2.75) is 27.3 Å². The summed E-state index contributed by atoms with van der Waals surface area (Å²) in [5.41, 5.74) is 1.71. The van der Waals surface area contributed by atoms with Crippen molar-refractivity contribution in [1.29, 1.82) is 0 Å². The van der Waals surface area contributed by atoms with E-state index in [0.717, 1.165) is 28.7 Å². The maximum absolute atomic E-state index is 6.00. The second kappa shape index (κ2) is 5.33. The van der Waals surface area contributed by atoms with Gasteiger partial charge in [-0.1, -0.05) is 17.7 Å². The Balaban J connectivity index is 1.93. The van der Waals surface area contributed by atoms with Gasteiger partial charge < -0.3 is 4.42 Å². The average molecular weight is 303 g/mol. The highest BCUT2D eigenvalue weighted by Crippen LogP contribution is 2.24. The van der Waals surface area contributed by atoms with Crippen molar-refractivity contribution in [3.05, 3.63) is 52.4 Å². The van der Waals surface area contributed by atoms with E-state index in [9.17, 15) is 0 Å². The molecule has 0 saturated heterocycles. The smallest absolute Gasteiger partial charge is 0.226 e. The van der Waals surface area contributed by atoms with Crippen LogP contribution in [0.4, 0.5) is 0 Å². The fraction of sp³-hybridized carbons (Fsp3) is 0.267. The number of hydrogen-bond donors (Lipinski definition) is 0. The molecule has 0 bridgehead atoms. The summed E-state index contributed by atoms with van der Waals surface area (Å²) >= 11 is 6.00. The second-order valence-electron chi connectivity index (χ2n) is 4.90. The topological polar surface area (TPSA) is 56.7 Å². The number of benzene rings is 1. The Morgan fingerprint density at radius 3 is 2.67 bits per heavy atom. The van der Waals surface area contributed by atoms with Crippen LogP contribution in [-0.4, -0.2) is 19.7 Å². The maximum atomic E-state index is 6.00. The van der Waals surface area contributed by atoms with E-state index in [1.807, 2.05) is 49.7 Å². The van der Waals surface area contributed by atoms with Crippen LogP contribution >= 0.6 is 11.6 Å². The molecule has 6 heteroatoms. The van der Waals surface area contributed by atoms with E-state index in [0.29, 0.717) is 17.5 Å². The predicted molar refractivity (Wildman–Crippen MR) is 80.3 cm³/mol. The zero-order valence-corrected chi connectivity index (χ0v) is 12.8. The van der Waals surface area contributed by atoms with Crippen molar-refractivity contribution < 1.29 is 4.42 Å². The molecule has 21 heavy (non-hydrogen) atoms. The van der Waals surface area contributed by atoms with Gasteiger partial charge in [-0.15, -0.1) is 0 Å². The Bertz CT molecular complexity index is 791. The van der Waals surface area contributed by atoms with E-state index in [2.05, 4.69) is 15.1 Å². The van der Waals surface area contributed by atoms with Crippen LogP contribution in [0.25, 0.3) is 11.5 Å². The summed E-state index contributed by atoms with van der Waals surface area (Å²) in [5.74, 6) is 2.96. The third-order valence-corrected chi connectivity index (χ3v) is 3.46. The molecule has 5 nitrogen and oxygen atoms in total. The predicted octanol–water partition coefficient (Wildman–Crippen LogP) is 3.56. The zero-order chi connectivity index (χ0) is 15.0. The van der Waals surface area contributed by atoms with Gasteiger partial charge in [0.2, 0.25) is 5.89 Å². The van der Waals surface area contributed by atoms with Crippen LogP contribution in [0.1, 0.15) is 23.1 Å². The number of aromatic nitrogens is 4. The first-order valence-corrected chi connectivity index (χ1v) is 7.01. The zero-order valence-electron chi connectivity index (χ0n) is 12.1. The second-order valence-corrected chi connectivity index (χ2v) is 5.33. The molecular formula is C15H15ClN4O. The van der Waals surface area contributed by atoms with Gasteiger partial charge in [0.15, 0.2) is 0 Å². The number of aryl methyl sites for hydroxylation is 3. The standard InChI is InChI=1S/C15H15ClN4O/c1-9-14(8-20-11(3)17-10(2)19-20)18-15(21-9)12-5-4-6-13(16)7-12/h4-7H,8H2,1-3H3. The largest absolute Gasteiger partial charge is 0.441 e. The number of nitrogens with zero attached hydrogens (tertiary/aromatic N) is 4. The summed E-state index contributed by atoms with van der Waals surface area (Å²) in [4.78, 5) is 8.84. The van der Waals surface area contributed by atoms with Crippen LogP contribution in [0.3, 0.4) is 0 Å². The van der Waals surface area contributed by atoms with Crippen LogP contribution in [0.5, 0.6) is 0 Å². The van der Waals surface area contributed by atoms with Crippen LogP contribution in [0, 0.1) is 20.8 Å². The molecule has 0 fully saturated rings. The molecule has 0 aliphatic rings. The highest BCUT2D eigenvalue weighted by atomic mass is 35.5. The maximum Gasteiger partial charge on any atom is 0.226 e. The lowest BCUT2D eigenvalue weighted by Crippen LogP contribution is -2.05. The third kappa shape index (κ3) is 2.83. The van der Waals surface area contributed by atoms with Gasteiger partial charge in [0.1, 0.15) is 23.1 Å². The van der Waals surface area contributed by atoms with Gasteiger partial charge in [-0.05, 0) is 39.0 Å². The number of rotatable bonds is 3. The third-order valence-electron chi connectivity index (χ3n) is 3.23.